The first kappa shape index (κ1) is 16.0. The highest BCUT2D eigenvalue weighted by Crippen LogP contribution is 2.37. The molecule has 0 amide bonds. The van der Waals surface area contributed by atoms with Crippen LogP contribution in [-0.4, -0.2) is 15.7 Å². The van der Waals surface area contributed by atoms with Crippen LogP contribution in [0, 0.1) is 5.92 Å². The second kappa shape index (κ2) is 6.04. The van der Waals surface area contributed by atoms with Crippen LogP contribution in [0.1, 0.15) is 61.8 Å². The highest BCUT2D eigenvalue weighted by molar-refractivity contribution is 8.01. The summed E-state index contributed by atoms with van der Waals surface area (Å²) in [5, 5.41) is 9.62. The molecule has 1 atom stereocenters. The first-order valence-corrected chi connectivity index (χ1v) is 7.04. The fraction of sp³-hybridized carbons (Fsp3) is 1.00. The second-order valence-corrected chi connectivity index (χ2v) is 8.37. The molecule has 0 fully saturated rings. The van der Waals surface area contributed by atoms with Crippen LogP contribution in [0.4, 0.5) is 0 Å². The lowest BCUT2D eigenvalue weighted by Crippen LogP contribution is -2.23. The first-order valence-electron chi connectivity index (χ1n) is 6.16. The van der Waals surface area contributed by atoms with Gasteiger partial charge in [-0.3, -0.25) is 0 Å². The number of thioether (sulfide) groups is 1. The Bertz CT molecular complexity index is 217. The Morgan fingerprint density at radius 1 is 0.938 bits per heavy atom. The van der Waals surface area contributed by atoms with Crippen molar-refractivity contribution in [3.05, 3.63) is 0 Å². The van der Waals surface area contributed by atoms with Gasteiger partial charge in [-0.05, 0) is 40.0 Å². The summed E-state index contributed by atoms with van der Waals surface area (Å²) in [7, 11) is 0. The Kier molecular flexibility index (Phi) is 6.02. The van der Waals surface area contributed by atoms with Crippen LogP contribution in [0.3, 0.4) is 0 Å². The second-order valence-electron chi connectivity index (χ2n) is 6.31. The minimum absolute atomic E-state index is 0.0736. The molecule has 16 heavy (non-hydrogen) atoms. The largest absolute Gasteiger partial charge is 0.187 e. The molecule has 0 saturated heterocycles. The van der Waals surface area contributed by atoms with Gasteiger partial charge in [0.15, 0.2) is 0 Å². The zero-order chi connectivity index (χ0) is 13.0. The third-order valence-corrected chi connectivity index (χ3v) is 3.07. The van der Waals surface area contributed by atoms with Crippen LogP contribution in [0.15, 0.2) is 10.2 Å². The number of nitrogens with zero attached hydrogens (tertiary/aromatic N) is 2. The highest BCUT2D eigenvalue weighted by atomic mass is 32.2. The van der Waals surface area contributed by atoms with Gasteiger partial charge in [0.25, 0.3) is 0 Å². The van der Waals surface area contributed by atoms with E-state index in [1.54, 1.807) is 0 Å². The summed E-state index contributed by atoms with van der Waals surface area (Å²) in [5.74, 6) is 0.648. The van der Waals surface area contributed by atoms with Gasteiger partial charge < -0.3 is 0 Å². The Balaban J connectivity index is 4.72. The fourth-order valence-electron chi connectivity index (χ4n) is 1.63. The summed E-state index contributed by atoms with van der Waals surface area (Å²) < 4.78 is 0. The van der Waals surface area contributed by atoms with Gasteiger partial charge in [0.1, 0.15) is 4.87 Å². The van der Waals surface area contributed by atoms with Crippen LogP contribution in [0.5, 0.6) is 0 Å². The van der Waals surface area contributed by atoms with E-state index in [1.165, 1.54) is 0 Å². The van der Waals surface area contributed by atoms with Crippen molar-refractivity contribution in [1.82, 2.24) is 0 Å². The van der Waals surface area contributed by atoms with Gasteiger partial charge in [0.2, 0.25) is 0 Å². The molecule has 0 saturated carbocycles. The molecule has 0 aromatic carbocycles. The van der Waals surface area contributed by atoms with Gasteiger partial charge >= 0.3 is 0 Å². The number of hydrogen-bond donors (Lipinski definition) is 0. The molecule has 0 aromatic rings. The number of rotatable bonds is 5. The average molecular weight is 244 g/mol. The summed E-state index contributed by atoms with van der Waals surface area (Å²) in [6.45, 7) is 17.4. The molecule has 0 aliphatic rings. The lowest BCUT2D eigenvalue weighted by atomic mass is 10.1. The van der Waals surface area contributed by atoms with Crippen LogP contribution >= 0.6 is 11.8 Å². The lowest BCUT2D eigenvalue weighted by molar-refractivity contribution is 0.440. The van der Waals surface area contributed by atoms with E-state index in [-0.39, 0.29) is 10.4 Å². The molecule has 2 nitrogen and oxygen atoms in total. The quantitative estimate of drug-likeness (QED) is 0.614. The number of azo groups is 1. The van der Waals surface area contributed by atoms with E-state index < -0.39 is 0 Å². The third kappa shape index (κ3) is 8.14. The molecule has 1 unspecified atom stereocenters. The van der Waals surface area contributed by atoms with Gasteiger partial charge in [-0.2, -0.15) is 10.2 Å². The maximum absolute atomic E-state index is 4.60. The Hall–Kier alpha value is -0.0500. The van der Waals surface area contributed by atoms with Crippen molar-refractivity contribution in [3.63, 3.8) is 0 Å². The summed E-state index contributed by atoms with van der Waals surface area (Å²) >= 11 is 1.91. The van der Waals surface area contributed by atoms with Crippen molar-refractivity contribution >= 4 is 11.8 Å². The van der Waals surface area contributed by atoms with E-state index in [4.69, 9.17) is 0 Å². The molecule has 0 radical (unpaired) electrons. The van der Waals surface area contributed by atoms with Crippen LogP contribution in [0.25, 0.3) is 0 Å². The molecule has 0 aromatic heterocycles. The van der Waals surface area contributed by atoms with E-state index in [9.17, 15) is 0 Å². The molecule has 3 heteroatoms. The Labute approximate surface area is 106 Å². The summed E-state index contributed by atoms with van der Waals surface area (Å²) in [5.41, 5.74) is -0.0736. The molecule has 0 aliphatic heterocycles. The topological polar surface area (TPSA) is 24.7 Å². The van der Waals surface area contributed by atoms with Gasteiger partial charge in [-0.25, -0.2) is 0 Å². The molecule has 0 spiro atoms. The van der Waals surface area contributed by atoms with Crippen molar-refractivity contribution in [3.8, 4) is 0 Å². The van der Waals surface area contributed by atoms with Gasteiger partial charge in [0, 0.05) is 5.25 Å². The summed E-state index contributed by atoms with van der Waals surface area (Å²) in [4.78, 5) is -0.0738. The maximum Gasteiger partial charge on any atom is 0.124 e. The van der Waals surface area contributed by atoms with Gasteiger partial charge in [-0.15, -0.1) is 11.8 Å². The van der Waals surface area contributed by atoms with Crippen LogP contribution in [-0.2, 0) is 0 Å². The molecule has 0 N–H and O–H groups in total. The zero-order valence-electron chi connectivity index (χ0n) is 12.2. The molecule has 0 aliphatic carbocycles. The van der Waals surface area contributed by atoms with Gasteiger partial charge in [-0.1, -0.05) is 27.7 Å². The molecule has 0 bridgehead atoms. The SMILES string of the molecule is CC(C)CC(C)(/N=N/C(C)(C)C)SC(C)C. The fourth-order valence-corrected chi connectivity index (χ4v) is 3.17. The minimum Gasteiger partial charge on any atom is -0.187 e. The normalized spacial score (nSPS) is 17.4. The van der Waals surface area contributed by atoms with Crippen LogP contribution in [0.2, 0.25) is 0 Å². The Morgan fingerprint density at radius 3 is 1.75 bits per heavy atom. The van der Waals surface area contributed by atoms with E-state index >= 15 is 0 Å². The van der Waals surface area contributed by atoms with E-state index in [0.717, 1.165) is 6.42 Å². The zero-order valence-corrected chi connectivity index (χ0v) is 13.0. The van der Waals surface area contributed by atoms with Crippen LogP contribution < -0.4 is 0 Å². The van der Waals surface area contributed by atoms with Crippen molar-refractivity contribution in [2.45, 2.75) is 77.5 Å². The van der Waals surface area contributed by atoms with Crippen molar-refractivity contribution < 1.29 is 0 Å². The average Bonchev–Trinajstić information content (AvgIpc) is 1.96. The summed E-state index contributed by atoms with van der Waals surface area (Å²) in [6, 6.07) is 0. The van der Waals surface area contributed by atoms with Gasteiger partial charge in [0.05, 0.1) is 5.54 Å². The van der Waals surface area contributed by atoms with Crippen molar-refractivity contribution in [1.29, 1.82) is 0 Å². The Morgan fingerprint density at radius 2 is 1.44 bits per heavy atom. The predicted octanol–water partition coefficient (Wildman–Crippen LogP) is 5.14. The summed E-state index contributed by atoms with van der Waals surface area (Å²) in [6.07, 6.45) is 1.08. The maximum atomic E-state index is 4.60. The molecule has 96 valence electrons. The monoisotopic (exact) mass is 244 g/mol. The van der Waals surface area contributed by atoms with E-state index in [2.05, 4.69) is 65.6 Å². The molecular formula is C13H28N2S. The number of hydrogen-bond acceptors (Lipinski definition) is 3. The first-order chi connectivity index (χ1) is 7.04. The van der Waals surface area contributed by atoms with E-state index in [1.807, 2.05) is 11.8 Å². The highest BCUT2D eigenvalue weighted by Gasteiger charge is 2.27. The van der Waals surface area contributed by atoms with E-state index in [0.29, 0.717) is 11.2 Å². The molecular weight excluding hydrogens is 216 g/mol. The standard InChI is InChI=1S/C13H28N2S/c1-10(2)9-13(8,16-11(3)4)15-14-12(5,6)7/h10-11H,9H2,1-8H3/b15-14+. The third-order valence-electron chi connectivity index (χ3n) is 1.84. The molecule has 0 heterocycles. The van der Waals surface area contributed by atoms with Crippen molar-refractivity contribution in [2.75, 3.05) is 0 Å². The van der Waals surface area contributed by atoms with Crippen molar-refractivity contribution in [2.24, 2.45) is 16.1 Å². The lowest BCUT2D eigenvalue weighted by Gasteiger charge is -2.28. The smallest absolute Gasteiger partial charge is 0.124 e. The molecule has 0 rings (SSSR count). The minimum atomic E-state index is -0.0738. The predicted molar refractivity (Wildman–Crippen MR) is 75.2 cm³/mol.